The van der Waals surface area contributed by atoms with Crippen molar-refractivity contribution < 1.29 is 9.72 Å². The molecule has 0 unspecified atom stereocenters. The van der Waals surface area contributed by atoms with Gasteiger partial charge in [-0.05, 0) is 26.9 Å². The summed E-state index contributed by atoms with van der Waals surface area (Å²) < 4.78 is 1.61. The van der Waals surface area contributed by atoms with E-state index in [9.17, 15) is 14.9 Å². The third-order valence-electron chi connectivity index (χ3n) is 2.92. The lowest BCUT2D eigenvalue weighted by molar-refractivity contribution is -0.384. The van der Waals surface area contributed by atoms with E-state index in [1.54, 1.807) is 16.5 Å². The second-order valence-electron chi connectivity index (χ2n) is 4.31. The molecule has 0 aliphatic carbocycles. The van der Waals surface area contributed by atoms with Crippen molar-refractivity contribution >= 4 is 11.6 Å². The number of hydrogen-bond donors (Lipinski definition) is 1. The van der Waals surface area contributed by atoms with Crippen LogP contribution in [0.2, 0.25) is 0 Å². The van der Waals surface area contributed by atoms with Crippen LogP contribution in [0, 0.1) is 10.1 Å². The number of nitrogens with one attached hydrogen (secondary N) is 1. The first-order valence-electron chi connectivity index (χ1n) is 6.25. The second-order valence-corrected chi connectivity index (χ2v) is 4.31. The summed E-state index contributed by atoms with van der Waals surface area (Å²) in [5.74, 6) is -0.189. The zero-order chi connectivity index (χ0) is 14.4. The number of rotatable bonds is 7. The minimum Gasteiger partial charge on any atom is -0.340 e. The lowest BCUT2D eigenvalue weighted by atomic mass is 10.3. The Morgan fingerprint density at radius 2 is 2.26 bits per heavy atom. The molecule has 0 saturated carbocycles. The van der Waals surface area contributed by atoms with E-state index in [0.29, 0.717) is 18.8 Å². The molecule has 0 aliphatic rings. The Kier molecular flexibility index (Phi) is 5.50. The molecule has 1 N–H and O–H groups in total. The van der Waals surface area contributed by atoms with Crippen molar-refractivity contribution in [3.05, 3.63) is 28.1 Å². The van der Waals surface area contributed by atoms with Crippen LogP contribution < -0.4 is 5.32 Å². The Bertz CT molecular complexity index is 456. The second kappa shape index (κ2) is 6.89. The van der Waals surface area contributed by atoms with Gasteiger partial charge in [0.1, 0.15) is 5.69 Å². The molecule has 0 spiro atoms. The molecule has 1 amide bonds. The molecule has 7 heteroatoms. The predicted molar refractivity (Wildman–Crippen MR) is 72.3 cm³/mol. The van der Waals surface area contributed by atoms with Crippen LogP contribution in [0.5, 0.6) is 0 Å². The van der Waals surface area contributed by atoms with E-state index >= 15 is 0 Å². The Morgan fingerprint density at radius 3 is 2.79 bits per heavy atom. The fraction of sp³-hybridized carbons (Fsp3) is 0.583. The molecule has 106 valence electrons. The van der Waals surface area contributed by atoms with Gasteiger partial charge in [-0.15, -0.1) is 0 Å². The monoisotopic (exact) mass is 268 g/mol. The Labute approximate surface area is 112 Å². The molecule has 1 rings (SSSR count). The summed E-state index contributed by atoms with van der Waals surface area (Å²) in [7, 11) is 3.56. The van der Waals surface area contributed by atoms with Gasteiger partial charge in [0.2, 0.25) is 0 Å². The molecule has 0 aliphatic heterocycles. The van der Waals surface area contributed by atoms with Crippen LogP contribution in [0.25, 0.3) is 0 Å². The van der Waals surface area contributed by atoms with Gasteiger partial charge in [0, 0.05) is 26.2 Å². The van der Waals surface area contributed by atoms with Crippen LogP contribution >= 0.6 is 0 Å². The molecule has 0 radical (unpaired) electrons. The fourth-order valence-corrected chi connectivity index (χ4v) is 1.83. The molecular formula is C12H20N4O3. The van der Waals surface area contributed by atoms with Gasteiger partial charge in [0.05, 0.1) is 11.1 Å². The van der Waals surface area contributed by atoms with Crippen LogP contribution in [-0.2, 0) is 6.54 Å². The zero-order valence-corrected chi connectivity index (χ0v) is 11.5. The van der Waals surface area contributed by atoms with E-state index in [1.165, 1.54) is 12.3 Å². The molecule has 7 nitrogen and oxygen atoms in total. The maximum atomic E-state index is 12.2. The molecule has 1 aromatic heterocycles. The largest absolute Gasteiger partial charge is 0.340 e. The van der Waals surface area contributed by atoms with Gasteiger partial charge in [0.25, 0.3) is 11.6 Å². The number of carbonyl (C=O) groups is 1. The molecule has 0 saturated heterocycles. The number of nitro groups is 1. The van der Waals surface area contributed by atoms with Crippen LogP contribution in [0.1, 0.15) is 23.8 Å². The summed E-state index contributed by atoms with van der Waals surface area (Å²) >= 11 is 0. The van der Waals surface area contributed by atoms with Crippen molar-refractivity contribution in [2.45, 2.75) is 19.9 Å². The number of carbonyl (C=O) groups excluding carboxylic acids is 1. The SMILES string of the molecule is CCn1cc([N+](=O)[O-])cc1C(=O)N(C)CCCNC. The van der Waals surface area contributed by atoms with Gasteiger partial charge in [0.15, 0.2) is 0 Å². The first kappa shape index (κ1) is 15.2. The lowest BCUT2D eigenvalue weighted by Crippen LogP contribution is -2.30. The van der Waals surface area contributed by atoms with E-state index in [2.05, 4.69) is 5.32 Å². The third-order valence-corrected chi connectivity index (χ3v) is 2.92. The van der Waals surface area contributed by atoms with Gasteiger partial charge in [-0.25, -0.2) is 0 Å². The predicted octanol–water partition coefficient (Wildman–Crippen LogP) is 1.10. The molecule has 0 fully saturated rings. The van der Waals surface area contributed by atoms with Crippen LogP contribution in [0.4, 0.5) is 5.69 Å². The topological polar surface area (TPSA) is 80.4 Å². The summed E-state index contributed by atoms with van der Waals surface area (Å²) in [6, 6.07) is 1.33. The number of hydrogen-bond acceptors (Lipinski definition) is 4. The van der Waals surface area contributed by atoms with Crippen molar-refractivity contribution in [3.8, 4) is 0 Å². The first-order valence-corrected chi connectivity index (χ1v) is 6.25. The van der Waals surface area contributed by atoms with E-state index in [1.807, 2.05) is 14.0 Å². The maximum Gasteiger partial charge on any atom is 0.287 e. The van der Waals surface area contributed by atoms with Crippen molar-refractivity contribution in [1.29, 1.82) is 0 Å². The lowest BCUT2D eigenvalue weighted by Gasteiger charge is -2.17. The normalized spacial score (nSPS) is 10.5. The molecule has 0 atom stereocenters. The minimum absolute atomic E-state index is 0.0474. The van der Waals surface area contributed by atoms with Crippen molar-refractivity contribution in [2.24, 2.45) is 0 Å². The smallest absolute Gasteiger partial charge is 0.287 e. The van der Waals surface area contributed by atoms with Crippen molar-refractivity contribution in [2.75, 3.05) is 27.2 Å². The highest BCUT2D eigenvalue weighted by atomic mass is 16.6. The van der Waals surface area contributed by atoms with E-state index in [4.69, 9.17) is 0 Å². The van der Waals surface area contributed by atoms with Gasteiger partial charge in [-0.3, -0.25) is 14.9 Å². The average molecular weight is 268 g/mol. The highest BCUT2D eigenvalue weighted by molar-refractivity contribution is 5.93. The quantitative estimate of drug-likeness (QED) is 0.456. The molecular weight excluding hydrogens is 248 g/mol. The summed E-state index contributed by atoms with van der Waals surface area (Å²) in [5.41, 5.74) is 0.315. The molecule has 1 heterocycles. The molecule has 0 bridgehead atoms. The number of aromatic nitrogens is 1. The van der Waals surface area contributed by atoms with Crippen molar-refractivity contribution in [3.63, 3.8) is 0 Å². The van der Waals surface area contributed by atoms with E-state index in [0.717, 1.165) is 13.0 Å². The maximum absolute atomic E-state index is 12.2. The summed E-state index contributed by atoms with van der Waals surface area (Å²) in [6.07, 6.45) is 2.24. The number of amides is 1. The molecule has 0 aromatic carbocycles. The Hall–Kier alpha value is -1.89. The van der Waals surface area contributed by atoms with Gasteiger partial charge in [-0.1, -0.05) is 0 Å². The third kappa shape index (κ3) is 3.78. The van der Waals surface area contributed by atoms with Crippen LogP contribution in [0.3, 0.4) is 0 Å². The number of nitrogens with zero attached hydrogens (tertiary/aromatic N) is 3. The van der Waals surface area contributed by atoms with Crippen molar-refractivity contribution in [1.82, 2.24) is 14.8 Å². The Morgan fingerprint density at radius 1 is 1.58 bits per heavy atom. The number of aryl methyl sites for hydroxylation is 1. The summed E-state index contributed by atoms with van der Waals surface area (Å²) in [6.45, 7) is 3.82. The summed E-state index contributed by atoms with van der Waals surface area (Å²) in [5, 5.41) is 13.8. The Balaban J connectivity index is 2.83. The van der Waals surface area contributed by atoms with Gasteiger partial charge in [-0.2, -0.15) is 0 Å². The highest BCUT2D eigenvalue weighted by Gasteiger charge is 2.20. The molecule has 1 aromatic rings. The average Bonchev–Trinajstić information content (AvgIpc) is 2.82. The molecule has 19 heavy (non-hydrogen) atoms. The zero-order valence-electron chi connectivity index (χ0n) is 11.5. The van der Waals surface area contributed by atoms with Crippen LogP contribution in [-0.4, -0.2) is 47.5 Å². The van der Waals surface area contributed by atoms with Crippen LogP contribution in [0.15, 0.2) is 12.3 Å². The van der Waals surface area contributed by atoms with Gasteiger partial charge < -0.3 is 14.8 Å². The minimum atomic E-state index is -0.482. The van der Waals surface area contributed by atoms with E-state index in [-0.39, 0.29) is 11.6 Å². The highest BCUT2D eigenvalue weighted by Crippen LogP contribution is 2.17. The summed E-state index contributed by atoms with van der Waals surface area (Å²) in [4.78, 5) is 24.1. The first-order chi connectivity index (χ1) is 9.01. The fourth-order valence-electron chi connectivity index (χ4n) is 1.83. The van der Waals surface area contributed by atoms with E-state index < -0.39 is 4.92 Å². The standard InChI is InChI=1S/C12H20N4O3/c1-4-15-9-10(16(18)19)8-11(15)12(17)14(3)7-5-6-13-2/h8-9,13H,4-7H2,1-3H3. The van der Waals surface area contributed by atoms with Gasteiger partial charge >= 0.3 is 0 Å².